The Balaban J connectivity index is 2.73. The molecule has 100 valence electrons. The molecular weight excluding hydrogens is 248 g/mol. The monoisotopic (exact) mass is 268 g/mol. The van der Waals surface area contributed by atoms with Crippen LogP contribution in [-0.2, 0) is 11.3 Å². The van der Waals surface area contributed by atoms with Crippen LogP contribution in [0, 0.1) is 18.8 Å². The Labute approximate surface area is 113 Å². The molecular formula is C13H20N2O2S. The van der Waals surface area contributed by atoms with E-state index in [0.717, 1.165) is 11.5 Å². The van der Waals surface area contributed by atoms with E-state index in [-0.39, 0.29) is 16.8 Å². The summed E-state index contributed by atoms with van der Waals surface area (Å²) in [5.74, 6) is 1.21. The van der Waals surface area contributed by atoms with Gasteiger partial charge in [-0.3, -0.25) is 4.79 Å². The number of thiocarbonyl (C=S) groups is 1. The molecule has 0 fully saturated rings. The van der Waals surface area contributed by atoms with Crippen molar-refractivity contribution in [2.75, 3.05) is 7.05 Å². The van der Waals surface area contributed by atoms with Crippen molar-refractivity contribution < 1.29 is 9.21 Å². The summed E-state index contributed by atoms with van der Waals surface area (Å²) >= 11 is 4.96. The molecule has 5 heteroatoms. The van der Waals surface area contributed by atoms with Gasteiger partial charge < -0.3 is 15.1 Å². The second-order valence-corrected chi connectivity index (χ2v) is 5.30. The number of rotatable bonds is 5. The van der Waals surface area contributed by atoms with Gasteiger partial charge in [-0.15, -0.1) is 0 Å². The van der Waals surface area contributed by atoms with Crippen LogP contribution in [0.3, 0.4) is 0 Å². The van der Waals surface area contributed by atoms with Gasteiger partial charge >= 0.3 is 0 Å². The SMILES string of the molecule is Cc1ccc(CN(C)C(=O)C(C(N)=S)C(C)C)o1. The first-order valence-electron chi connectivity index (χ1n) is 5.92. The first kappa shape index (κ1) is 14.7. The van der Waals surface area contributed by atoms with E-state index in [1.165, 1.54) is 0 Å². The Bertz CT molecular complexity index is 440. The van der Waals surface area contributed by atoms with Crippen molar-refractivity contribution in [3.63, 3.8) is 0 Å². The van der Waals surface area contributed by atoms with Crippen molar-refractivity contribution in [2.45, 2.75) is 27.3 Å². The standard InChI is InChI=1S/C13H20N2O2S/c1-8(2)11(12(14)18)13(16)15(4)7-10-6-5-9(3)17-10/h5-6,8,11H,7H2,1-4H3,(H2,14,18). The Morgan fingerprint density at radius 1 is 1.50 bits per heavy atom. The quantitative estimate of drug-likeness (QED) is 0.831. The lowest BCUT2D eigenvalue weighted by Gasteiger charge is -2.24. The summed E-state index contributed by atoms with van der Waals surface area (Å²) in [6, 6.07) is 3.74. The number of nitrogens with zero attached hydrogens (tertiary/aromatic N) is 1. The number of furan rings is 1. The van der Waals surface area contributed by atoms with Gasteiger partial charge in [-0.25, -0.2) is 0 Å². The molecule has 1 aromatic rings. The van der Waals surface area contributed by atoms with Crippen molar-refractivity contribution in [1.29, 1.82) is 0 Å². The molecule has 4 nitrogen and oxygen atoms in total. The largest absolute Gasteiger partial charge is 0.464 e. The molecule has 1 unspecified atom stereocenters. The zero-order valence-corrected chi connectivity index (χ0v) is 12.1. The van der Waals surface area contributed by atoms with Crippen LogP contribution in [0.1, 0.15) is 25.4 Å². The number of carbonyl (C=O) groups excluding carboxylic acids is 1. The lowest BCUT2D eigenvalue weighted by Crippen LogP contribution is -2.41. The third kappa shape index (κ3) is 3.57. The van der Waals surface area contributed by atoms with Gasteiger partial charge in [0.05, 0.1) is 17.5 Å². The molecule has 0 bridgehead atoms. The van der Waals surface area contributed by atoms with Crippen LogP contribution in [0.25, 0.3) is 0 Å². The first-order chi connectivity index (χ1) is 8.32. The minimum absolute atomic E-state index is 0.0634. The van der Waals surface area contributed by atoms with Gasteiger partial charge in [0.15, 0.2) is 0 Å². The Kier molecular flexibility index (Phi) is 4.90. The molecule has 0 aliphatic rings. The predicted molar refractivity (Wildman–Crippen MR) is 75.0 cm³/mol. The van der Waals surface area contributed by atoms with E-state index in [1.54, 1.807) is 11.9 Å². The summed E-state index contributed by atoms with van der Waals surface area (Å²) in [6.07, 6.45) is 0. The number of hydrogen-bond acceptors (Lipinski definition) is 3. The van der Waals surface area contributed by atoms with Crippen molar-refractivity contribution in [3.8, 4) is 0 Å². The van der Waals surface area contributed by atoms with Crippen molar-refractivity contribution in [2.24, 2.45) is 17.6 Å². The summed E-state index contributed by atoms with van der Waals surface area (Å²) in [5, 5.41) is 0. The van der Waals surface area contributed by atoms with Gasteiger partial charge in [-0.05, 0) is 25.0 Å². The molecule has 1 heterocycles. The molecule has 2 N–H and O–H groups in total. The number of hydrogen-bond donors (Lipinski definition) is 1. The fourth-order valence-electron chi connectivity index (χ4n) is 1.85. The number of carbonyl (C=O) groups is 1. The van der Waals surface area contributed by atoms with E-state index < -0.39 is 5.92 Å². The van der Waals surface area contributed by atoms with Crippen LogP contribution in [0.2, 0.25) is 0 Å². The third-order valence-electron chi connectivity index (χ3n) is 2.80. The maximum atomic E-state index is 12.3. The highest BCUT2D eigenvalue weighted by atomic mass is 32.1. The van der Waals surface area contributed by atoms with Gasteiger partial charge in [-0.1, -0.05) is 26.1 Å². The lowest BCUT2D eigenvalue weighted by atomic mass is 9.94. The molecule has 1 aromatic heterocycles. The fraction of sp³-hybridized carbons (Fsp3) is 0.538. The normalized spacial score (nSPS) is 12.5. The molecule has 0 saturated heterocycles. The molecule has 0 saturated carbocycles. The first-order valence-corrected chi connectivity index (χ1v) is 6.33. The average molecular weight is 268 g/mol. The molecule has 0 radical (unpaired) electrons. The molecule has 1 rings (SSSR count). The van der Waals surface area contributed by atoms with Crippen LogP contribution in [0.4, 0.5) is 0 Å². The van der Waals surface area contributed by atoms with E-state index in [2.05, 4.69) is 0 Å². The minimum Gasteiger partial charge on any atom is -0.464 e. The van der Waals surface area contributed by atoms with E-state index >= 15 is 0 Å². The zero-order valence-electron chi connectivity index (χ0n) is 11.3. The highest BCUT2D eigenvalue weighted by Crippen LogP contribution is 2.16. The van der Waals surface area contributed by atoms with Gasteiger partial charge in [0.1, 0.15) is 11.5 Å². The maximum Gasteiger partial charge on any atom is 0.232 e. The number of aryl methyl sites for hydroxylation is 1. The van der Waals surface area contributed by atoms with Gasteiger partial charge in [0, 0.05) is 7.05 Å². The molecule has 18 heavy (non-hydrogen) atoms. The Morgan fingerprint density at radius 3 is 2.50 bits per heavy atom. The van der Waals surface area contributed by atoms with Crippen LogP contribution in [0.5, 0.6) is 0 Å². The highest BCUT2D eigenvalue weighted by Gasteiger charge is 2.28. The maximum absolute atomic E-state index is 12.3. The molecule has 1 atom stereocenters. The van der Waals surface area contributed by atoms with E-state index in [0.29, 0.717) is 6.54 Å². The molecule has 0 aromatic carbocycles. The summed E-state index contributed by atoms with van der Waals surface area (Å²) < 4.78 is 5.45. The van der Waals surface area contributed by atoms with Crippen LogP contribution >= 0.6 is 12.2 Å². The third-order valence-corrected chi connectivity index (χ3v) is 3.06. The van der Waals surface area contributed by atoms with Crippen molar-refractivity contribution in [3.05, 3.63) is 23.7 Å². The average Bonchev–Trinajstić information content (AvgIpc) is 2.62. The van der Waals surface area contributed by atoms with Crippen LogP contribution < -0.4 is 5.73 Å². The van der Waals surface area contributed by atoms with Crippen LogP contribution in [-0.4, -0.2) is 22.8 Å². The Hall–Kier alpha value is -1.36. The number of amides is 1. The Morgan fingerprint density at radius 2 is 2.11 bits per heavy atom. The van der Waals surface area contributed by atoms with Crippen molar-refractivity contribution in [1.82, 2.24) is 4.90 Å². The molecule has 1 amide bonds. The van der Waals surface area contributed by atoms with Gasteiger partial charge in [0.25, 0.3) is 0 Å². The highest BCUT2D eigenvalue weighted by molar-refractivity contribution is 7.80. The van der Waals surface area contributed by atoms with Crippen LogP contribution in [0.15, 0.2) is 16.5 Å². The molecule has 0 aliphatic heterocycles. The second-order valence-electron chi connectivity index (χ2n) is 4.83. The summed E-state index contributed by atoms with van der Waals surface area (Å²) in [6.45, 7) is 6.18. The van der Waals surface area contributed by atoms with Gasteiger partial charge in [0.2, 0.25) is 5.91 Å². The summed E-state index contributed by atoms with van der Waals surface area (Å²) in [7, 11) is 1.73. The number of nitrogens with two attached hydrogens (primary N) is 1. The van der Waals surface area contributed by atoms with Gasteiger partial charge in [-0.2, -0.15) is 0 Å². The van der Waals surface area contributed by atoms with E-state index in [9.17, 15) is 4.79 Å². The molecule has 0 aliphatic carbocycles. The van der Waals surface area contributed by atoms with E-state index in [4.69, 9.17) is 22.4 Å². The predicted octanol–water partition coefficient (Wildman–Crippen LogP) is 2.10. The smallest absolute Gasteiger partial charge is 0.232 e. The fourth-order valence-corrected chi connectivity index (χ4v) is 2.23. The zero-order chi connectivity index (χ0) is 13.9. The lowest BCUT2D eigenvalue weighted by molar-refractivity contribution is -0.133. The topological polar surface area (TPSA) is 59.5 Å². The van der Waals surface area contributed by atoms with E-state index in [1.807, 2.05) is 32.9 Å². The minimum atomic E-state index is -0.416. The second kappa shape index (κ2) is 6.00. The summed E-state index contributed by atoms with van der Waals surface area (Å²) in [4.78, 5) is 14.1. The molecule has 0 spiro atoms. The summed E-state index contributed by atoms with van der Waals surface area (Å²) in [5.41, 5.74) is 5.63. The van der Waals surface area contributed by atoms with Crippen molar-refractivity contribution >= 4 is 23.1 Å².